The first-order chi connectivity index (χ1) is 16.4. The lowest BCUT2D eigenvalue weighted by molar-refractivity contribution is -0.137. The summed E-state index contributed by atoms with van der Waals surface area (Å²) in [4.78, 5) is 12.5. The number of amides is 1. The lowest BCUT2D eigenvalue weighted by Gasteiger charge is -2.23. The Balaban J connectivity index is 1.94. The van der Waals surface area contributed by atoms with Crippen LogP contribution in [0.15, 0.2) is 71.6 Å². The molecule has 12 heteroatoms. The predicted molar refractivity (Wildman–Crippen MR) is 127 cm³/mol. The molecule has 3 aromatic rings. The summed E-state index contributed by atoms with van der Waals surface area (Å²) in [5.74, 6) is -0.725. The Bertz CT molecular complexity index is 1320. The molecule has 0 unspecified atom stereocenters. The summed E-state index contributed by atoms with van der Waals surface area (Å²) in [7, 11) is -2.92. The molecule has 3 rings (SSSR count). The molecule has 0 heterocycles. The molecule has 0 aliphatic carbocycles. The van der Waals surface area contributed by atoms with Crippen LogP contribution in [0.2, 0.25) is 10.0 Å². The first-order valence-electron chi connectivity index (χ1n) is 9.96. The molecule has 0 aliphatic rings. The van der Waals surface area contributed by atoms with Crippen LogP contribution in [0.5, 0.6) is 5.75 Å². The van der Waals surface area contributed by atoms with Gasteiger partial charge in [-0.1, -0.05) is 53.5 Å². The number of carbonyl (C=O) groups excluding carboxylic acids is 1. The van der Waals surface area contributed by atoms with Gasteiger partial charge in [0.15, 0.2) is 0 Å². The van der Waals surface area contributed by atoms with E-state index in [1.165, 1.54) is 31.4 Å². The third-order valence-electron chi connectivity index (χ3n) is 4.84. The number of ether oxygens (including phenoxy) is 1. The van der Waals surface area contributed by atoms with Crippen LogP contribution in [-0.2, 0) is 27.5 Å². The SMILES string of the molecule is COc1ccc(S(=O)(=O)N(CC(=O)Nc2ccc(Cl)cc2C(F)(F)F)Cc2ccccc2)cc1Cl. The van der Waals surface area contributed by atoms with Crippen LogP contribution in [0.4, 0.5) is 18.9 Å². The number of nitrogens with zero attached hydrogens (tertiary/aromatic N) is 1. The van der Waals surface area contributed by atoms with Crippen molar-refractivity contribution in [2.24, 2.45) is 0 Å². The molecule has 0 saturated heterocycles. The summed E-state index contributed by atoms with van der Waals surface area (Å²) in [5, 5.41) is 2.01. The van der Waals surface area contributed by atoms with E-state index in [0.717, 1.165) is 10.4 Å². The van der Waals surface area contributed by atoms with Crippen LogP contribution in [0.25, 0.3) is 0 Å². The van der Waals surface area contributed by atoms with Gasteiger partial charge in [0.1, 0.15) is 5.75 Å². The largest absolute Gasteiger partial charge is 0.495 e. The van der Waals surface area contributed by atoms with Crippen molar-refractivity contribution in [1.29, 1.82) is 0 Å². The van der Waals surface area contributed by atoms with Crippen molar-refractivity contribution >= 4 is 44.8 Å². The van der Waals surface area contributed by atoms with E-state index in [1.807, 2.05) is 0 Å². The van der Waals surface area contributed by atoms with Gasteiger partial charge >= 0.3 is 6.18 Å². The monoisotopic (exact) mass is 546 g/mol. The van der Waals surface area contributed by atoms with E-state index in [1.54, 1.807) is 30.3 Å². The summed E-state index contributed by atoms with van der Waals surface area (Å²) in [6, 6.07) is 15.1. The zero-order valence-electron chi connectivity index (χ0n) is 18.1. The van der Waals surface area contributed by atoms with Crippen LogP contribution in [0, 0.1) is 0 Å². The molecule has 1 amide bonds. The summed E-state index contributed by atoms with van der Waals surface area (Å²) < 4.78 is 72.9. The molecule has 6 nitrogen and oxygen atoms in total. The molecule has 0 spiro atoms. The quantitative estimate of drug-likeness (QED) is 0.384. The van der Waals surface area contributed by atoms with Crippen molar-refractivity contribution in [3.05, 3.63) is 87.9 Å². The number of carbonyl (C=O) groups is 1. The van der Waals surface area contributed by atoms with E-state index in [4.69, 9.17) is 27.9 Å². The second-order valence-electron chi connectivity index (χ2n) is 7.29. The predicted octanol–water partition coefficient (Wildman–Crippen LogP) is 5.85. The van der Waals surface area contributed by atoms with Gasteiger partial charge in [-0.25, -0.2) is 8.42 Å². The van der Waals surface area contributed by atoms with E-state index in [0.29, 0.717) is 11.6 Å². The number of methoxy groups -OCH3 is 1. The normalized spacial score (nSPS) is 12.0. The molecule has 3 aromatic carbocycles. The van der Waals surface area contributed by atoms with Crippen LogP contribution >= 0.6 is 23.2 Å². The number of anilines is 1. The lowest BCUT2D eigenvalue weighted by atomic mass is 10.1. The Morgan fingerprint density at radius 3 is 2.31 bits per heavy atom. The van der Waals surface area contributed by atoms with Crippen molar-refractivity contribution in [3.8, 4) is 5.75 Å². The van der Waals surface area contributed by atoms with E-state index in [2.05, 4.69) is 5.32 Å². The van der Waals surface area contributed by atoms with Gasteiger partial charge in [0.2, 0.25) is 15.9 Å². The average molecular weight is 547 g/mol. The number of sulfonamides is 1. The number of halogens is 5. The summed E-state index contributed by atoms with van der Waals surface area (Å²) in [6.45, 7) is -0.978. The lowest BCUT2D eigenvalue weighted by Crippen LogP contribution is -2.37. The standard InChI is InChI=1S/C23H19Cl2F3N2O4S/c1-34-21-10-8-17(12-19(21)25)35(32,33)30(13-15-5-3-2-4-6-15)14-22(31)29-20-9-7-16(24)11-18(20)23(26,27)28/h2-12H,13-14H2,1H3,(H,29,31). The van der Waals surface area contributed by atoms with E-state index < -0.39 is 39.9 Å². The van der Waals surface area contributed by atoms with Gasteiger partial charge in [-0.3, -0.25) is 4.79 Å². The molecular formula is C23H19Cl2F3N2O4S. The molecule has 186 valence electrons. The third-order valence-corrected chi connectivity index (χ3v) is 7.16. The minimum absolute atomic E-state index is 0.0358. The zero-order valence-corrected chi connectivity index (χ0v) is 20.5. The minimum atomic E-state index is -4.79. The molecule has 0 radical (unpaired) electrons. The molecule has 1 N–H and O–H groups in total. The smallest absolute Gasteiger partial charge is 0.418 e. The van der Waals surface area contributed by atoms with Gasteiger partial charge < -0.3 is 10.1 Å². The topological polar surface area (TPSA) is 75.7 Å². The maximum Gasteiger partial charge on any atom is 0.418 e. The fraction of sp³-hybridized carbons (Fsp3) is 0.174. The molecule has 35 heavy (non-hydrogen) atoms. The van der Waals surface area contributed by atoms with Crippen molar-refractivity contribution in [1.82, 2.24) is 4.31 Å². The van der Waals surface area contributed by atoms with Gasteiger partial charge in [-0.05, 0) is 42.0 Å². The number of alkyl halides is 3. The van der Waals surface area contributed by atoms with E-state index in [9.17, 15) is 26.4 Å². The maximum absolute atomic E-state index is 13.4. The molecule has 0 saturated carbocycles. The summed E-state index contributed by atoms with van der Waals surface area (Å²) in [5.41, 5.74) is -1.14. The first-order valence-corrected chi connectivity index (χ1v) is 12.2. The average Bonchev–Trinajstić information content (AvgIpc) is 2.79. The molecule has 0 fully saturated rings. The van der Waals surface area contributed by atoms with Gasteiger partial charge in [0, 0.05) is 11.6 Å². The summed E-state index contributed by atoms with van der Waals surface area (Å²) >= 11 is 11.8. The fourth-order valence-electron chi connectivity index (χ4n) is 3.18. The van der Waals surface area contributed by atoms with Crippen molar-refractivity contribution in [2.75, 3.05) is 19.0 Å². The van der Waals surface area contributed by atoms with Gasteiger partial charge in [-0.2, -0.15) is 17.5 Å². The van der Waals surface area contributed by atoms with Crippen LogP contribution < -0.4 is 10.1 Å². The second kappa shape index (κ2) is 10.9. The third kappa shape index (κ3) is 6.66. The molecular weight excluding hydrogens is 528 g/mol. The van der Waals surface area contributed by atoms with Gasteiger partial charge in [0.05, 0.1) is 34.8 Å². The minimum Gasteiger partial charge on any atom is -0.495 e. The van der Waals surface area contributed by atoms with E-state index >= 15 is 0 Å². The number of benzene rings is 3. The van der Waals surface area contributed by atoms with Gasteiger partial charge in [0.25, 0.3) is 0 Å². The highest BCUT2D eigenvalue weighted by Gasteiger charge is 2.35. The Morgan fingerprint density at radius 1 is 1.03 bits per heavy atom. The number of nitrogens with one attached hydrogen (secondary N) is 1. The number of hydrogen-bond acceptors (Lipinski definition) is 4. The van der Waals surface area contributed by atoms with Crippen molar-refractivity contribution in [2.45, 2.75) is 17.6 Å². The van der Waals surface area contributed by atoms with Crippen LogP contribution in [0.1, 0.15) is 11.1 Å². The van der Waals surface area contributed by atoms with Crippen LogP contribution in [0.3, 0.4) is 0 Å². The van der Waals surface area contributed by atoms with E-state index in [-0.39, 0.29) is 27.2 Å². The summed E-state index contributed by atoms with van der Waals surface area (Å²) in [6.07, 6.45) is -4.79. The molecule has 0 aliphatic heterocycles. The zero-order chi connectivity index (χ0) is 25.8. The maximum atomic E-state index is 13.4. The first kappa shape index (κ1) is 26.8. The van der Waals surface area contributed by atoms with Crippen LogP contribution in [-0.4, -0.2) is 32.3 Å². The van der Waals surface area contributed by atoms with Crippen molar-refractivity contribution in [3.63, 3.8) is 0 Å². The Kier molecular flexibility index (Phi) is 8.32. The van der Waals surface area contributed by atoms with Crippen molar-refractivity contribution < 1.29 is 31.1 Å². The Morgan fingerprint density at radius 2 is 1.71 bits per heavy atom. The highest BCUT2D eigenvalue weighted by atomic mass is 35.5. The van der Waals surface area contributed by atoms with Gasteiger partial charge in [-0.15, -0.1) is 0 Å². The number of rotatable bonds is 8. The fourth-order valence-corrected chi connectivity index (χ4v) is 5.09. The highest BCUT2D eigenvalue weighted by Crippen LogP contribution is 2.36. The Hall–Kier alpha value is -2.79. The Labute approximate surface area is 210 Å². The second-order valence-corrected chi connectivity index (χ2v) is 10.1. The molecule has 0 aromatic heterocycles. The number of hydrogen-bond donors (Lipinski definition) is 1. The molecule has 0 bridgehead atoms. The highest BCUT2D eigenvalue weighted by molar-refractivity contribution is 7.89. The molecule has 0 atom stereocenters.